The molecule has 4 aromatic rings. The largest absolute Gasteiger partial charge is 0.573 e. The Hall–Kier alpha value is -5.58. The van der Waals surface area contributed by atoms with Crippen LogP contribution in [0.1, 0.15) is 25.0 Å². The van der Waals surface area contributed by atoms with E-state index in [2.05, 4.69) is 25.1 Å². The summed E-state index contributed by atoms with van der Waals surface area (Å²) >= 11 is 0. The van der Waals surface area contributed by atoms with Gasteiger partial charge in [0.15, 0.2) is 5.82 Å². The first-order valence-electron chi connectivity index (χ1n) is 13.9. The Kier molecular flexibility index (Phi) is 10.1. The van der Waals surface area contributed by atoms with Crippen molar-refractivity contribution in [2.24, 2.45) is 5.73 Å². The molecule has 0 saturated carbocycles. The first-order valence-corrected chi connectivity index (χ1v) is 15.3. The van der Waals surface area contributed by atoms with Crippen LogP contribution >= 0.6 is 0 Å². The number of sulfonamides is 1. The van der Waals surface area contributed by atoms with Gasteiger partial charge in [0.2, 0.25) is 5.91 Å². The maximum Gasteiger partial charge on any atom is 0.573 e. The molecule has 1 amide bonds. The summed E-state index contributed by atoms with van der Waals surface area (Å²) in [6, 6.07) is 14.2. The Morgan fingerprint density at radius 2 is 1.72 bits per heavy atom. The van der Waals surface area contributed by atoms with E-state index in [9.17, 15) is 31.2 Å². The summed E-state index contributed by atoms with van der Waals surface area (Å²) in [5.74, 6) is -1.23. The first kappa shape index (κ1) is 34.3. The molecule has 0 saturated heterocycles. The van der Waals surface area contributed by atoms with Gasteiger partial charge in [0, 0.05) is 29.4 Å². The molecule has 0 aliphatic heterocycles. The smallest absolute Gasteiger partial charge is 0.406 e. The number of nitrogens with zero attached hydrogens (tertiary/aromatic N) is 2. The van der Waals surface area contributed by atoms with E-state index in [1.165, 1.54) is 29.0 Å². The molecule has 0 bridgehead atoms. The van der Waals surface area contributed by atoms with Gasteiger partial charge in [-0.2, -0.15) is 0 Å². The Balaban J connectivity index is 1.62. The van der Waals surface area contributed by atoms with Crippen LogP contribution in [0.25, 0.3) is 11.3 Å². The summed E-state index contributed by atoms with van der Waals surface area (Å²) in [7, 11) is -4.31. The van der Waals surface area contributed by atoms with Gasteiger partial charge in [0.1, 0.15) is 18.1 Å². The molecule has 13 nitrogen and oxygen atoms in total. The topological polar surface area (TPSA) is 207 Å². The monoisotopic (exact) mass is 672 g/mol. The van der Waals surface area contributed by atoms with Crippen LogP contribution in [-0.2, 0) is 27.9 Å². The predicted octanol–water partition coefficient (Wildman–Crippen LogP) is 3.61. The molecule has 0 atom stereocenters. The average Bonchev–Trinajstić information content (AvgIpc) is 2.97. The van der Waals surface area contributed by atoms with Crippen LogP contribution in [0.15, 0.2) is 82.6 Å². The highest BCUT2D eigenvalue weighted by Gasteiger charge is 2.31. The normalized spacial score (nSPS) is 11.6. The number of hydrogen-bond donors (Lipinski definition) is 6. The average molecular weight is 673 g/mol. The zero-order chi connectivity index (χ0) is 34.5. The van der Waals surface area contributed by atoms with Crippen LogP contribution in [0, 0.1) is 5.41 Å². The van der Waals surface area contributed by atoms with Gasteiger partial charge < -0.3 is 26.8 Å². The van der Waals surface area contributed by atoms with E-state index in [-0.39, 0.29) is 51.8 Å². The second-order valence-electron chi connectivity index (χ2n) is 10.5. The van der Waals surface area contributed by atoms with Gasteiger partial charge in [-0.1, -0.05) is 24.3 Å². The van der Waals surface area contributed by atoms with Gasteiger partial charge in [-0.3, -0.25) is 24.3 Å². The van der Waals surface area contributed by atoms with E-state index in [4.69, 9.17) is 16.9 Å². The summed E-state index contributed by atoms with van der Waals surface area (Å²) in [6.07, 6.45) is -3.61. The highest BCUT2D eigenvalue weighted by Crippen LogP contribution is 2.29. The maximum atomic E-state index is 13.5. The third-order valence-electron chi connectivity index (χ3n) is 6.41. The molecular weight excluding hydrogens is 641 g/mol. The Bertz CT molecular complexity index is 1950. The van der Waals surface area contributed by atoms with E-state index in [1.807, 2.05) is 0 Å². The molecule has 1 aromatic heterocycles. The Morgan fingerprint density at radius 1 is 1.06 bits per heavy atom. The fraction of sp³-hybridized carbons (Fsp3) is 0.200. The van der Waals surface area contributed by atoms with Crippen molar-refractivity contribution in [2.75, 3.05) is 15.8 Å². The number of hydrogen-bond acceptors (Lipinski definition) is 9. The fourth-order valence-electron chi connectivity index (χ4n) is 4.34. The van der Waals surface area contributed by atoms with Crippen LogP contribution < -0.4 is 37.1 Å². The molecule has 8 N–H and O–H groups in total. The van der Waals surface area contributed by atoms with Crippen molar-refractivity contribution < 1.29 is 31.1 Å². The lowest BCUT2D eigenvalue weighted by Gasteiger charge is -2.17. The Morgan fingerprint density at radius 3 is 2.32 bits per heavy atom. The molecule has 248 valence electrons. The minimum Gasteiger partial charge on any atom is -0.406 e. The summed E-state index contributed by atoms with van der Waals surface area (Å²) in [4.78, 5) is 30.4. The number of nitrogen functional groups attached to an aromatic ring is 2. The lowest BCUT2D eigenvalue weighted by atomic mass is 10.1. The lowest BCUT2D eigenvalue weighted by Crippen LogP contribution is -2.35. The number of carbonyl (C=O) groups excluding carboxylic acids is 1. The molecule has 0 aliphatic carbocycles. The quantitative estimate of drug-likeness (QED) is 0.0737. The second kappa shape index (κ2) is 13.8. The maximum absolute atomic E-state index is 13.5. The van der Waals surface area contributed by atoms with E-state index < -0.39 is 40.1 Å². The van der Waals surface area contributed by atoms with Crippen molar-refractivity contribution in [3.05, 3.63) is 94.4 Å². The number of rotatable bonds is 12. The van der Waals surface area contributed by atoms with E-state index in [1.54, 1.807) is 38.1 Å². The van der Waals surface area contributed by atoms with E-state index in [0.29, 0.717) is 5.56 Å². The summed E-state index contributed by atoms with van der Waals surface area (Å²) in [6.45, 7) is 3.29. The molecule has 0 spiro atoms. The van der Waals surface area contributed by atoms with Gasteiger partial charge in [-0.25, -0.2) is 13.4 Å². The molecule has 0 radical (unpaired) electrons. The number of nitrogens with one attached hydrogen (secondary N) is 4. The number of benzene rings is 3. The molecule has 0 fully saturated rings. The number of nitrogens with two attached hydrogens (primary N) is 2. The number of amides is 1. The lowest BCUT2D eigenvalue weighted by molar-refractivity contribution is -0.274. The van der Waals surface area contributed by atoms with Gasteiger partial charge in [-0.15, -0.1) is 13.2 Å². The Labute approximate surface area is 267 Å². The summed E-state index contributed by atoms with van der Waals surface area (Å²) in [5, 5.41) is 13.2. The molecule has 47 heavy (non-hydrogen) atoms. The van der Waals surface area contributed by atoms with Crippen LogP contribution in [0.3, 0.4) is 0 Å². The molecule has 1 heterocycles. The van der Waals surface area contributed by atoms with E-state index >= 15 is 0 Å². The number of anilines is 3. The van der Waals surface area contributed by atoms with Crippen molar-refractivity contribution in [2.45, 2.75) is 44.2 Å². The molecule has 17 heteroatoms. The number of halogens is 3. The van der Waals surface area contributed by atoms with Crippen LogP contribution in [0.4, 0.5) is 30.4 Å². The van der Waals surface area contributed by atoms with Gasteiger partial charge in [0.05, 0.1) is 22.5 Å². The number of alkyl halides is 3. The SMILES string of the molecule is CC(C)Nc1ncc(-c2cc(N)cc(NS(=O)(=O)c3ccc(OC(F)(F)F)cc3)c2)n(CC(=O)NCc2ccc(C(=N)N)cc2)c1=O. The van der Waals surface area contributed by atoms with Gasteiger partial charge >= 0.3 is 6.36 Å². The third kappa shape index (κ3) is 9.23. The molecule has 0 unspecified atom stereocenters. The standard InChI is InChI=1S/C30H31F3N8O5S/c1-17(2)39-28-29(43)41(16-26(42)37-14-18-3-5-19(6-4-18)27(35)36)25(15-38-28)20-11-21(34)13-22(12-20)40-47(44,45)24-9-7-23(8-10-24)46-30(31,32)33/h3-13,15,17,40H,14,16,34H2,1-2H3,(H3,35,36)(H,37,42)(H,38,39). The zero-order valence-electron chi connectivity index (χ0n) is 25.1. The van der Waals surface area contributed by atoms with Gasteiger partial charge in [-0.05, 0) is 61.9 Å². The van der Waals surface area contributed by atoms with Crippen LogP contribution in [0.2, 0.25) is 0 Å². The minimum atomic E-state index is -4.95. The molecule has 0 aliphatic rings. The minimum absolute atomic E-state index is 0.0147. The van der Waals surface area contributed by atoms with Crippen molar-refractivity contribution in [3.63, 3.8) is 0 Å². The van der Waals surface area contributed by atoms with Gasteiger partial charge in [0.25, 0.3) is 15.6 Å². The van der Waals surface area contributed by atoms with Crippen molar-refractivity contribution >= 4 is 39.0 Å². The van der Waals surface area contributed by atoms with Crippen LogP contribution in [-0.4, -0.2) is 42.1 Å². The van der Waals surface area contributed by atoms with Crippen molar-refractivity contribution in [3.8, 4) is 17.0 Å². The number of aromatic nitrogens is 2. The third-order valence-corrected chi connectivity index (χ3v) is 7.80. The highest BCUT2D eigenvalue weighted by molar-refractivity contribution is 7.92. The number of amidine groups is 1. The molecule has 4 rings (SSSR count). The fourth-order valence-corrected chi connectivity index (χ4v) is 5.38. The summed E-state index contributed by atoms with van der Waals surface area (Å²) < 4.78 is 70.9. The number of carbonyl (C=O) groups is 1. The number of ether oxygens (including phenoxy) is 1. The first-order chi connectivity index (χ1) is 22.0. The predicted molar refractivity (Wildman–Crippen MR) is 170 cm³/mol. The van der Waals surface area contributed by atoms with Crippen molar-refractivity contribution in [1.82, 2.24) is 14.9 Å². The van der Waals surface area contributed by atoms with Crippen molar-refractivity contribution in [1.29, 1.82) is 5.41 Å². The summed E-state index contributed by atoms with van der Waals surface area (Å²) in [5.41, 5.74) is 12.6. The second-order valence-corrected chi connectivity index (χ2v) is 12.2. The zero-order valence-corrected chi connectivity index (χ0v) is 25.9. The molecular formula is C30H31F3N8O5S. The van der Waals surface area contributed by atoms with Crippen LogP contribution in [0.5, 0.6) is 5.75 Å². The highest BCUT2D eigenvalue weighted by atomic mass is 32.2. The molecule has 3 aromatic carbocycles. The van der Waals surface area contributed by atoms with E-state index in [0.717, 1.165) is 29.8 Å².